The van der Waals surface area contributed by atoms with Gasteiger partial charge in [0.15, 0.2) is 0 Å². The van der Waals surface area contributed by atoms with Crippen molar-refractivity contribution in [3.05, 3.63) is 64.6 Å². The Labute approximate surface area is 140 Å². The van der Waals surface area contributed by atoms with E-state index in [1.165, 1.54) is 5.56 Å². The number of halogens is 1. The van der Waals surface area contributed by atoms with E-state index in [4.69, 9.17) is 0 Å². The van der Waals surface area contributed by atoms with Gasteiger partial charge in [-0.2, -0.15) is 0 Å². The van der Waals surface area contributed by atoms with Crippen molar-refractivity contribution in [1.82, 2.24) is 4.90 Å². The Hall–Kier alpha value is -1.65. The molecule has 2 rings (SSSR count). The zero-order valence-corrected chi connectivity index (χ0v) is 14.3. The minimum absolute atomic E-state index is 0.0402. The van der Waals surface area contributed by atoms with Crippen LogP contribution in [0.5, 0.6) is 0 Å². The molecular weight excluding hydrogens is 340 g/mol. The van der Waals surface area contributed by atoms with Gasteiger partial charge in [-0.15, -0.1) is 0 Å². The third-order valence-corrected chi connectivity index (χ3v) is 4.19. The van der Waals surface area contributed by atoms with Crippen molar-refractivity contribution in [2.75, 3.05) is 18.4 Å². The summed E-state index contributed by atoms with van der Waals surface area (Å²) in [6.07, 6.45) is 0.488. The highest BCUT2D eigenvalue weighted by atomic mass is 79.9. The third kappa shape index (κ3) is 5.28. The largest absolute Gasteiger partial charge is 0.325 e. The van der Waals surface area contributed by atoms with Gasteiger partial charge in [-0.25, -0.2) is 0 Å². The van der Waals surface area contributed by atoms with Crippen LogP contribution in [0.1, 0.15) is 18.9 Å². The van der Waals surface area contributed by atoms with E-state index < -0.39 is 0 Å². The average Bonchev–Trinajstić information content (AvgIpc) is 2.54. The standard InChI is InChI=1S/C18H21BrN2O/c1-2-21(14-15-8-4-3-5-9-15)13-12-18(22)20-17-11-7-6-10-16(17)19/h3-11H,2,12-14H2,1H3,(H,20,22). The highest BCUT2D eigenvalue weighted by Crippen LogP contribution is 2.21. The zero-order chi connectivity index (χ0) is 15.8. The molecule has 0 saturated carbocycles. The van der Waals surface area contributed by atoms with E-state index in [-0.39, 0.29) is 5.91 Å². The maximum absolute atomic E-state index is 12.1. The number of nitrogens with zero attached hydrogens (tertiary/aromatic N) is 1. The molecule has 0 aliphatic rings. The van der Waals surface area contributed by atoms with Crippen molar-refractivity contribution in [2.24, 2.45) is 0 Å². The number of carbonyl (C=O) groups excluding carboxylic acids is 1. The second kappa shape index (κ2) is 8.71. The number of benzene rings is 2. The van der Waals surface area contributed by atoms with Crippen molar-refractivity contribution in [3.8, 4) is 0 Å². The summed E-state index contributed by atoms with van der Waals surface area (Å²) >= 11 is 3.44. The van der Waals surface area contributed by atoms with E-state index in [1.807, 2.05) is 42.5 Å². The number of hydrogen-bond donors (Lipinski definition) is 1. The van der Waals surface area contributed by atoms with Gasteiger partial charge < -0.3 is 5.32 Å². The molecule has 22 heavy (non-hydrogen) atoms. The topological polar surface area (TPSA) is 32.3 Å². The Bertz CT molecular complexity index is 601. The fourth-order valence-electron chi connectivity index (χ4n) is 2.23. The van der Waals surface area contributed by atoms with Crippen LogP contribution in [0.4, 0.5) is 5.69 Å². The van der Waals surface area contributed by atoms with Crippen molar-refractivity contribution in [1.29, 1.82) is 0 Å². The summed E-state index contributed by atoms with van der Waals surface area (Å²) in [7, 11) is 0. The number of rotatable bonds is 7. The summed E-state index contributed by atoms with van der Waals surface area (Å²) in [5.74, 6) is 0.0402. The molecule has 1 amide bonds. The first kappa shape index (κ1) is 16.7. The quantitative estimate of drug-likeness (QED) is 0.798. The van der Waals surface area contributed by atoms with Crippen molar-refractivity contribution in [3.63, 3.8) is 0 Å². The number of nitrogens with one attached hydrogen (secondary N) is 1. The van der Waals surface area contributed by atoms with E-state index in [2.05, 4.69) is 45.2 Å². The molecule has 116 valence electrons. The summed E-state index contributed by atoms with van der Waals surface area (Å²) in [4.78, 5) is 14.4. The minimum Gasteiger partial charge on any atom is -0.325 e. The normalized spacial score (nSPS) is 10.7. The Morgan fingerprint density at radius 2 is 1.77 bits per heavy atom. The maximum Gasteiger partial charge on any atom is 0.225 e. The number of para-hydroxylation sites is 1. The zero-order valence-electron chi connectivity index (χ0n) is 12.8. The molecule has 0 aliphatic carbocycles. The first-order valence-electron chi connectivity index (χ1n) is 7.49. The molecule has 0 atom stereocenters. The van der Waals surface area contributed by atoms with E-state index in [0.717, 1.165) is 29.8 Å². The monoisotopic (exact) mass is 360 g/mol. The first-order valence-corrected chi connectivity index (χ1v) is 8.29. The van der Waals surface area contributed by atoms with Crippen LogP contribution < -0.4 is 5.32 Å². The van der Waals surface area contributed by atoms with Crippen LogP contribution in [0.2, 0.25) is 0 Å². The molecule has 3 nitrogen and oxygen atoms in total. The molecule has 0 aromatic heterocycles. The second-order valence-electron chi connectivity index (χ2n) is 5.13. The number of anilines is 1. The Morgan fingerprint density at radius 3 is 2.45 bits per heavy atom. The third-order valence-electron chi connectivity index (χ3n) is 3.50. The molecule has 4 heteroatoms. The molecule has 0 spiro atoms. The fourth-order valence-corrected chi connectivity index (χ4v) is 2.61. The first-order chi connectivity index (χ1) is 10.7. The Kier molecular flexibility index (Phi) is 6.62. The highest BCUT2D eigenvalue weighted by Gasteiger charge is 2.09. The van der Waals surface area contributed by atoms with Gasteiger partial charge in [-0.3, -0.25) is 9.69 Å². The summed E-state index contributed by atoms with van der Waals surface area (Å²) in [5.41, 5.74) is 2.09. The molecule has 0 heterocycles. The van der Waals surface area contributed by atoms with Crippen LogP contribution in [0, 0.1) is 0 Å². The smallest absolute Gasteiger partial charge is 0.225 e. The average molecular weight is 361 g/mol. The van der Waals surface area contributed by atoms with Gasteiger partial charge in [0.05, 0.1) is 5.69 Å². The van der Waals surface area contributed by atoms with E-state index >= 15 is 0 Å². The lowest BCUT2D eigenvalue weighted by atomic mass is 10.2. The van der Waals surface area contributed by atoms with Crippen LogP contribution >= 0.6 is 15.9 Å². The van der Waals surface area contributed by atoms with E-state index in [0.29, 0.717) is 6.42 Å². The van der Waals surface area contributed by atoms with E-state index in [1.54, 1.807) is 0 Å². The predicted octanol–water partition coefficient (Wildman–Crippen LogP) is 4.30. The lowest BCUT2D eigenvalue weighted by Crippen LogP contribution is -2.27. The van der Waals surface area contributed by atoms with Gasteiger partial charge in [0, 0.05) is 24.0 Å². The molecular formula is C18H21BrN2O. The molecule has 1 N–H and O–H groups in total. The molecule has 0 aliphatic heterocycles. The fraction of sp³-hybridized carbons (Fsp3) is 0.278. The maximum atomic E-state index is 12.1. The molecule has 2 aromatic carbocycles. The number of hydrogen-bond acceptors (Lipinski definition) is 2. The second-order valence-corrected chi connectivity index (χ2v) is 5.99. The van der Waals surface area contributed by atoms with Crippen molar-refractivity contribution in [2.45, 2.75) is 19.9 Å². The SMILES string of the molecule is CCN(CCC(=O)Nc1ccccc1Br)Cc1ccccc1. The molecule has 0 unspecified atom stereocenters. The molecule has 0 bridgehead atoms. The van der Waals surface area contributed by atoms with Crippen LogP contribution in [0.25, 0.3) is 0 Å². The van der Waals surface area contributed by atoms with Gasteiger partial charge in [0.2, 0.25) is 5.91 Å². The molecule has 0 saturated heterocycles. The lowest BCUT2D eigenvalue weighted by molar-refractivity contribution is -0.116. The van der Waals surface area contributed by atoms with Crippen molar-refractivity contribution < 1.29 is 4.79 Å². The van der Waals surface area contributed by atoms with Gasteiger partial charge in [-0.05, 0) is 40.2 Å². The summed E-state index contributed by atoms with van der Waals surface area (Å²) in [5, 5.41) is 2.94. The van der Waals surface area contributed by atoms with Crippen molar-refractivity contribution >= 4 is 27.5 Å². The summed E-state index contributed by atoms with van der Waals surface area (Å²) in [6.45, 7) is 4.67. The summed E-state index contributed by atoms with van der Waals surface area (Å²) in [6, 6.07) is 18.0. The van der Waals surface area contributed by atoms with Gasteiger partial charge in [0.25, 0.3) is 0 Å². The van der Waals surface area contributed by atoms with Crippen LogP contribution in [0.3, 0.4) is 0 Å². The highest BCUT2D eigenvalue weighted by molar-refractivity contribution is 9.10. The molecule has 0 fully saturated rings. The molecule has 2 aromatic rings. The van der Waals surface area contributed by atoms with Crippen LogP contribution in [-0.4, -0.2) is 23.9 Å². The van der Waals surface area contributed by atoms with Crippen LogP contribution in [-0.2, 0) is 11.3 Å². The Morgan fingerprint density at radius 1 is 1.09 bits per heavy atom. The number of carbonyl (C=O) groups is 1. The summed E-state index contributed by atoms with van der Waals surface area (Å²) < 4.78 is 0.903. The van der Waals surface area contributed by atoms with Gasteiger partial charge in [-0.1, -0.05) is 49.4 Å². The van der Waals surface area contributed by atoms with E-state index in [9.17, 15) is 4.79 Å². The lowest BCUT2D eigenvalue weighted by Gasteiger charge is -2.20. The minimum atomic E-state index is 0.0402. The van der Waals surface area contributed by atoms with Crippen LogP contribution in [0.15, 0.2) is 59.1 Å². The molecule has 0 radical (unpaired) electrons. The number of amides is 1. The van der Waals surface area contributed by atoms with Gasteiger partial charge in [0.1, 0.15) is 0 Å². The predicted molar refractivity (Wildman–Crippen MR) is 94.8 cm³/mol. The van der Waals surface area contributed by atoms with Gasteiger partial charge >= 0.3 is 0 Å². The Balaban J connectivity index is 1.83.